The molecule has 37 heavy (non-hydrogen) atoms. The van der Waals surface area contributed by atoms with Gasteiger partial charge in [-0.05, 0) is 83.8 Å². The average molecular weight is 611 g/mol. The molecule has 1 aliphatic rings. The van der Waals surface area contributed by atoms with Crippen LogP contribution in [0.3, 0.4) is 0 Å². The number of hydrogen-bond acceptors (Lipinski definition) is 3. The number of amides is 1. The predicted octanol–water partition coefficient (Wildman–Crippen LogP) is 7.32. The van der Waals surface area contributed by atoms with E-state index in [1.54, 1.807) is 19.2 Å². The van der Waals surface area contributed by atoms with Gasteiger partial charge in [-0.15, -0.1) is 0 Å². The summed E-state index contributed by atoms with van der Waals surface area (Å²) in [4.78, 5) is 25.9. The topological polar surface area (TPSA) is 58.2 Å². The summed E-state index contributed by atoms with van der Waals surface area (Å²) in [5.41, 5.74) is 7.96. The number of likely N-dealkylation sites (N-methyl/N-ethyl adjacent to an activating group) is 1. The van der Waals surface area contributed by atoms with Gasteiger partial charge in [-0.1, -0.05) is 59.8 Å². The van der Waals surface area contributed by atoms with E-state index in [1.165, 1.54) is 12.1 Å². The van der Waals surface area contributed by atoms with Crippen molar-refractivity contribution in [1.82, 2.24) is 5.32 Å². The molecule has 0 aromatic heterocycles. The number of fused-ring (bicyclic) bond motifs is 1. The summed E-state index contributed by atoms with van der Waals surface area (Å²) < 4.78 is 14.7. The Hall–Kier alpha value is -3.00. The highest BCUT2D eigenvalue weighted by Gasteiger charge is 2.26. The molecule has 0 unspecified atom stereocenters. The first-order chi connectivity index (χ1) is 18.0. The van der Waals surface area contributed by atoms with Crippen molar-refractivity contribution in [2.24, 2.45) is 0 Å². The zero-order chi connectivity index (χ0) is 26.4. The van der Waals surface area contributed by atoms with Crippen molar-refractivity contribution >= 4 is 51.1 Å². The second-order valence-corrected chi connectivity index (χ2v) is 10.3. The van der Waals surface area contributed by atoms with E-state index in [-0.39, 0.29) is 17.5 Å². The Kier molecular flexibility index (Phi) is 9.14. The highest BCUT2D eigenvalue weighted by Crippen LogP contribution is 2.42. The number of alkyl halides is 1. The van der Waals surface area contributed by atoms with Crippen LogP contribution in [-0.4, -0.2) is 29.7 Å². The fourth-order valence-corrected chi connectivity index (χ4v) is 5.24. The van der Waals surface area contributed by atoms with Crippen LogP contribution in [0.25, 0.3) is 22.3 Å². The lowest BCUT2D eigenvalue weighted by atomic mass is 9.80. The number of aryl methyl sites for hydroxylation is 1. The molecule has 0 atom stereocenters. The molecule has 0 saturated carbocycles. The molecule has 0 fully saturated rings. The molecule has 4 rings (SSSR count). The Morgan fingerprint density at radius 1 is 0.973 bits per heavy atom. The molecule has 1 amide bonds. The van der Waals surface area contributed by atoms with Gasteiger partial charge in [-0.25, -0.2) is 4.39 Å². The lowest BCUT2D eigenvalue weighted by molar-refractivity contribution is -0.115. The monoisotopic (exact) mass is 610 g/mol. The minimum absolute atomic E-state index is 0.131. The molecule has 3 aromatic rings. The quantitative estimate of drug-likeness (QED) is 0.110. The van der Waals surface area contributed by atoms with Gasteiger partial charge in [0.2, 0.25) is 0 Å². The first-order valence-corrected chi connectivity index (χ1v) is 14.3. The van der Waals surface area contributed by atoms with Crippen molar-refractivity contribution in [2.75, 3.05) is 23.3 Å². The Labute approximate surface area is 231 Å². The summed E-state index contributed by atoms with van der Waals surface area (Å²) in [6, 6.07) is 18.3. The van der Waals surface area contributed by atoms with Crippen molar-refractivity contribution in [1.29, 1.82) is 0 Å². The van der Waals surface area contributed by atoms with E-state index in [0.29, 0.717) is 24.0 Å². The van der Waals surface area contributed by atoms with Gasteiger partial charge in [-0.3, -0.25) is 9.59 Å². The lowest BCUT2D eigenvalue weighted by Crippen LogP contribution is -2.23. The van der Waals surface area contributed by atoms with Gasteiger partial charge in [0, 0.05) is 41.3 Å². The number of ketones is 1. The Morgan fingerprint density at radius 2 is 1.76 bits per heavy atom. The third-order valence-electron chi connectivity index (χ3n) is 6.70. The number of allylic oxidation sites excluding steroid dienone is 1. The van der Waals surface area contributed by atoms with Crippen LogP contribution < -0.4 is 10.6 Å². The summed E-state index contributed by atoms with van der Waals surface area (Å²) in [5.74, 6) is -0.334. The van der Waals surface area contributed by atoms with E-state index in [9.17, 15) is 14.0 Å². The standard InChI is InChI=1S/C31H32FIN2O2/c1-3-6-29(36)23-8-4-7-21(17-23)26-19-27-22(18-28(26)35-16-5-15-33)11-14-25(30(27)31(37)34-2)20-9-12-24(32)13-10-20/h4,7-10,12-13,17-19,35H,3,5-6,11,14-16H2,1-2H3,(H,34,37). The van der Waals surface area contributed by atoms with Crippen LogP contribution in [-0.2, 0) is 11.2 Å². The first kappa shape index (κ1) is 27.0. The summed E-state index contributed by atoms with van der Waals surface area (Å²) >= 11 is 2.38. The summed E-state index contributed by atoms with van der Waals surface area (Å²) in [5, 5.41) is 6.40. The third-order valence-corrected chi connectivity index (χ3v) is 7.47. The van der Waals surface area contributed by atoms with E-state index in [0.717, 1.165) is 69.3 Å². The molecule has 0 aliphatic heterocycles. The first-order valence-electron chi connectivity index (χ1n) is 12.8. The molecule has 192 valence electrons. The fourth-order valence-electron chi connectivity index (χ4n) is 4.86. The van der Waals surface area contributed by atoms with E-state index >= 15 is 0 Å². The second kappa shape index (κ2) is 12.5. The summed E-state index contributed by atoms with van der Waals surface area (Å²) in [6.07, 6.45) is 3.81. The maximum Gasteiger partial charge on any atom is 0.251 e. The summed E-state index contributed by atoms with van der Waals surface area (Å²) in [6.45, 7) is 2.84. The van der Waals surface area contributed by atoms with Gasteiger partial charge in [0.05, 0.1) is 5.57 Å². The molecule has 1 aliphatic carbocycles. The number of benzene rings is 3. The number of carbonyl (C=O) groups is 2. The van der Waals surface area contributed by atoms with Crippen molar-refractivity contribution < 1.29 is 14.0 Å². The number of carbonyl (C=O) groups excluding carboxylic acids is 2. The molecule has 3 aromatic carbocycles. The Bertz CT molecular complexity index is 1330. The fraction of sp³-hybridized carbons (Fsp3) is 0.290. The maximum absolute atomic E-state index is 13.6. The number of Topliss-reactive ketones (excluding diaryl/α,β-unsaturated/α-hetero) is 1. The molecule has 0 spiro atoms. The molecule has 4 nitrogen and oxygen atoms in total. The van der Waals surface area contributed by atoms with Crippen molar-refractivity contribution in [3.8, 4) is 11.1 Å². The third kappa shape index (κ3) is 6.12. The number of halogens is 2. The molecular formula is C31H32FIN2O2. The highest BCUT2D eigenvalue weighted by atomic mass is 127. The predicted molar refractivity (Wildman–Crippen MR) is 159 cm³/mol. The molecule has 0 heterocycles. The van der Waals surface area contributed by atoms with Gasteiger partial charge in [0.25, 0.3) is 5.91 Å². The van der Waals surface area contributed by atoms with E-state index in [1.807, 2.05) is 31.2 Å². The van der Waals surface area contributed by atoms with E-state index in [4.69, 9.17) is 0 Å². The largest absolute Gasteiger partial charge is 0.385 e. The molecule has 6 heteroatoms. The highest BCUT2D eigenvalue weighted by molar-refractivity contribution is 14.1. The lowest BCUT2D eigenvalue weighted by Gasteiger charge is -2.26. The van der Waals surface area contributed by atoms with Crippen LogP contribution in [0.4, 0.5) is 10.1 Å². The average Bonchev–Trinajstić information content (AvgIpc) is 2.92. The van der Waals surface area contributed by atoms with Crippen LogP contribution in [0.2, 0.25) is 0 Å². The number of nitrogens with one attached hydrogen (secondary N) is 2. The zero-order valence-electron chi connectivity index (χ0n) is 21.3. The molecule has 0 bridgehead atoms. The zero-order valence-corrected chi connectivity index (χ0v) is 23.5. The van der Waals surface area contributed by atoms with Crippen molar-refractivity contribution in [3.63, 3.8) is 0 Å². The van der Waals surface area contributed by atoms with Crippen LogP contribution in [0, 0.1) is 5.82 Å². The minimum Gasteiger partial charge on any atom is -0.385 e. The van der Waals surface area contributed by atoms with Gasteiger partial charge in [0.15, 0.2) is 5.78 Å². The Balaban J connectivity index is 1.90. The van der Waals surface area contributed by atoms with Gasteiger partial charge >= 0.3 is 0 Å². The van der Waals surface area contributed by atoms with Gasteiger partial charge in [0.1, 0.15) is 5.82 Å². The van der Waals surface area contributed by atoms with Crippen LogP contribution >= 0.6 is 22.6 Å². The number of hydrogen-bond donors (Lipinski definition) is 2. The second-order valence-electron chi connectivity index (χ2n) is 9.22. The number of anilines is 1. The van der Waals surface area contributed by atoms with Crippen LogP contribution in [0.15, 0.2) is 60.7 Å². The Morgan fingerprint density at radius 3 is 2.46 bits per heavy atom. The van der Waals surface area contributed by atoms with Gasteiger partial charge < -0.3 is 10.6 Å². The van der Waals surface area contributed by atoms with E-state index in [2.05, 4.69) is 45.4 Å². The minimum atomic E-state index is -0.302. The SMILES string of the molecule is CCCC(=O)c1cccc(-c2cc3c(cc2NCCCI)CCC(c2ccc(F)cc2)=C3C(=O)NC)c1. The maximum atomic E-state index is 13.6. The summed E-state index contributed by atoms with van der Waals surface area (Å²) in [7, 11) is 1.63. The molecule has 0 radical (unpaired) electrons. The molecular weight excluding hydrogens is 578 g/mol. The molecule has 0 saturated heterocycles. The van der Waals surface area contributed by atoms with Gasteiger partial charge in [-0.2, -0.15) is 0 Å². The number of rotatable bonds is 10. The van der Waals surface area contributed by atoms with Crippen LogP contribution in [0.5, 0.6) is 0 Å². The van der Waals surface area contributed by atoms with E-state index < -0.39 is 0 Å². The van der Waals surface area contributed by atoms with Crippen molar-refractivity contribution in [2.45, 2.75) is 39.0 Å². The van der Waals surface area contributed by atoms with Crippen LogP contribution in [0.1, 0.15) is 59.7 Å². The normalized spacial score (nSPS) is 12.8. The smallest absolute Gasteiger partial charge is 0.251 e. The molecule has 2 N–H and O–H groups in total. The van der Waals surface area contributed by atoms with Crippen molar-refractivity contribution in [3.05, 3.63) is 88.7 Å².